The maximum Gasteiger partial charge on any atom is 0.227 e. The largest absolute Gasteiger partial charge is 0.493 e. The van der Waals surface area contributed by atoms with Gasteiger partial charge in [0.2, 0.25) is 11.8 Å². The van der Waals surface area contributed by atoms with Crippen molar-refractivity contribution in [3.8, 4) is 5.75 Å². The molecule has 1 unspecified atom stereocenters. The van der Waals surface area contributed by atoms with Crippen molar-refractivity contribution in [1.29, 1.82) is 0 Å². The normalized spacial score (nSPS) is 22.8. The minimum absolute atomic E-state index is 0.0574. The fourth-order valence-electron chi connectivity index (χ4n) is 4.62. The summed E-state index contributed by atoms with van der Waals surface area (Å²) in [6.07, 6.45) is 9.04. The second kappa shape index (κ2) is 8.32. The molecule has 0 bridgehead atoms. The first-order chi connectivity index (χ1) is 13.2. The Labute approximate surface area is 161 Å². The highest BCUT2D eigenvalue weighted by atomic mass is 16.5. The van der Waals surface area contributed by atoms with E-state index in [0.717, 1.165) is 56.6 Å². The summed E-state index contributed by atoms with van der Waals surface area (Å²) in [5, 5.41) is 3.24. The van der Waals surface area contributed by atoms with Crippen LogP contribution in [0.1, 0.15) is 56.1 Å². The van der Waals surface area contributed by atoms with E-state index in [1.807, 2.05) is 17.0 Å². The molecule has 0 spiro atoms. The van der Waals surface area contributed by atoms with Gasteiger partial charge in [-0.25, -0.2) is 0 Å². The van der Waals surface area contributed by atoms with Crippen LogP contribution in [0.3, 0.4) is 0 Å². The number of piperidine rings is 1. The third-order valence-corrected chi connectivity index (χ3v) is 6.21. The third-order valence-electron chi connectivity index (χ3n) is 6.21. The average Bonchev–Trinajstić information content (AvgIpc) is 3.16. The Balaban J connectivity index is 1.31. The van der Waals surface area contributed by atoms with Gasteiger partial charge in [-0.05, 0) is 42.9 Å². The molecule has 2 amide bonds. The van der Waals surface area contributed by atoms with Crippen LogP contribution in [0.4, 0.5) is 0 Å². The standard InChI is InChI=1S/C22H30N2O3/c25-21(14-16-8-9-20-17(13-16)10-12-27-20)24-11-4-5-18(15-24)22(26)23-19-6-2-1-3-7-19/h8-9,13,18-19H,1-7,10-12,14-15H2,(H,23,26). The average molecular weight is 370 g/mol. The van der Waals surface area contributed by atoms with Gasteiger partial charge in [0, 0.05) is 25.6 Å². The lowest BCUT2D eigenvalue weighted by Crippen LogP contribution is -2.48. The molecule has 1 atom stereocenters. The van der Waals surface area contributed by atoms with Crippen molar-refractivity contribution in [2.75, 3.05) is 19.7 Å². The molecular formula is C22H30N2O3. The second-order valence-electron chi connectivity index (χ2n) is 8.24. The number of hydrogen-bond donors (Lipinski definition) is 1. The van der Waals surface area contributed by atoms with E-state index in [1.165, 1.54) is 24.8 Å². The molecule has 1 aliphatic carbocycles. The van der Waals surface area contributed by atoms with Gasteiger partial charge in [-0.1, -0.05) is 31.4 Å². The first kappa shape index (κ1) is 18.3. The Morgan fingerprint density at radius 1 is 1.11 bits per heavy atom. The lowest BCUT2D eigenvalue weighted by atomic mass is 9.92. The number of carbonyl (C=O) groups is 2. The van der Waals surface area contributed by atoms with Crippen LogP contribution in [0.15, 0.2) is 18.2 Å². The van der Waals surface area contributed by atoms with Crippen LogP contribution in [0, 0.1) is 5.92 Å². The van der Waals surface area contributed by atoms with E-state index in [1.54, 1.807) is 0 Å². The van der Waals surface area contributed by atoms with Crippen LogP contribution in [0.2, 0.25) is 0 Å². The molecule has 0 aromatic heterocycles. The number of likely N-dealkylation sites (tertiary alicyclic amines) is 1. The van der Waals surface area contributed by atoms with Crippen LogP contribution in [0.25, 0.3) is 0 Å². The molecule has 5 nitrogen and oxygen atoms in total. The summed E-state index contributed by atoms with van der Waals surface area (Å²) >= 11 is 0. The first-order valence-electron chi connectivity index (χ1n) is 10.5. The Hall–Kier alpha value is -2.04. The van der Waals surface area contributed by atoms with Gasteiger partial charge in [0.25, 0.3) is 0 Å². The predicted molar refractivity (Wildman–Crippen MR) is 104 cm³/mol. The molecule has 5 heteroatoms. The minimum atomic E-state index is -0.0574. The minimum Gasteiger partial charge on any atom is -0.493 e. The second-order valence-corrected chi connectivity index (χ2v) is 8.24. The molecule has 1 aromatic carbocycles. The summed E-state index contributed by atoms with van der Waals surface area (Å²) in [7, 11) is 0. The van der Waals surface area contributed by atoms with Crippen molar-refractivity contribution in [2.24, 2.45) is 5.92 Å². The number of benzene rings is 1. The summed E-state index contributed by atoms with van der Waals surface area (Å²) < 4.78 is 5.54. The van der Waals surface area contributed by atoms with Gasteiger partial charge >= 0.3 is 0 Å². The highest BCUT2D eigenvalue weighted by Gasteiger charge is 2.30. The Morgan fingerprint density at radius 2 is 1.96 bits per heavy atom. The van der Waals surface area contributed by atoms with E-state index >= 15 is 0 Å². The van der Waals surface area contributed by atoms with Gasteiger partial charge in [0.1, 0.15) is 5.75 Å². The molecular weight excluding hydrogens is 340 g/mol. The van der Waals surface area contributed by atoms with Crippen molar-refractivity contribution in [2.45, 2.75) is 63.8 Å². The fourth-order valence-corrected chi connectivity index (χ4v) is 4.62. The number of fused-ring (bicyclic) bond motifs is 1. The molecule has 1 saturated carbocycles. The number of amides is 2. The maximum absolute atomic E-state index is 12.8. The summed E-state index contributed by atoms with van der Waals surface area (Å²) in [6.45, 7) is 2.06. The zero-order valence-corrected chi connectivity index (χ0v) is 16.0. The van der Waals surface area contributed by atoms with Crippen molar-refractivity contribution < 1.29 is 14.3 Å². The molecule has 1 aromatic rings. The quantitative estimate of drug-likeness (QED) is 0.887. The Kier molecular flexibility index (Phi) is 5.65. The van der Waals surface area contributed by atoms with E-state index < -0.39 is 0 Å². The number of rotatable bonds is 4. The van der Waals surface area contributed by atoms with E-state index in [4.69, 9.17) is 4.74 Å². The van der Waals surface area contributed by atoms with Crippen LogP contribution >= 0.6 is 0 Å². The van der Waals surface area contributed by atoms with E-state index in [2.05, 4.69) is 11.4 Å². The molecule has 2 fully saturated rings. The number of nitrogens with one attached hydrogen (secondary N) is 1. The van der Waals surface area contributed by atoms with Gasteiger partial charge in [-0.3, -0.25) is 9.59 Å². The highest BCUT2D eigenvalue weighted by Crippen LogP contribution is 2.27. The van der Waals surface area contributed by atoms with Crippen molar-refractivity contribution >= 4 is 11.8 Å². The van der Waals surface area contributed by atoms with Gasteiger partial charge in [-0.15, -0.1) is 0 Å². The number of hydrogen-bond acceptors (Lipinski definition) is 3. The Bertz CT molecular complexity index is 697. The molecule has 3 aliphatic rings. The lowest BCUT2D eigenvalue weighted by Gasteiger charge is -2.33. The highest BCUT2D eigenvalue weighted by molar-refractivity contribution is 5.82. The van der Waals surface area contributed by atoms with E-state index in [-0.39, 0.29) is 17.7 Å². The van der Waals surface area contributed by atoms with Gasteiger partial charge in [0.05, 0.1) is 18.9 Å². The SMILES string of the molecule is O=C(NC1CCCCC1)C1CCCN(C(=O)Cc2ccc3c(c2)CCO3)C1. The van der Waals surface area contributed by atoms with Crippen molar-refractivity contribution in [3.05, 3.63) is 29.3 Å². The topological polar surface area (TPSA) is 58.6 Å². The van der Waals surface area contributed by atoms with E-state index in [0.29, 0.717) is 19.0 Å². The number of nitrogens with zero attached hydrogens (tertiary/aromatic N) is 1. The maximum atomic E-state index is 12.8. The number of carbonyl (C=O) groups excluding carboxylic acids is 2. The van der Waals surface area contributed by atoms with Crippen LogP contribution in [0.5, 0.6) is 5.75 Å². The first-order valence-corrected chi connectivity index (χ1v) is 10.5. The molecule has 0 radical (unpaired) electrons. The summed E-state index contributed by atoms with van der Waals surface area (Å²) in [6, 6.07) is 6.39. The summed E-state index contributed by atoms with van der Waals surface area (Å²) in [4.78, 5) is 27.3. The summed E-state index contributed by atoms with van der Waals surface area (Å²) in [5.41, 5.74) is 2.24. The zero-order valence-electron chi connectivity index (χ0n) is 16.0. The molecule has 146 valence electrons. The molecule has 2 aliphatic heterocycles. The van der Waals surface area contributed by atoms with Crippen molar-refractivity contribution in [1.82, 2.24) is 10.2 Å². The third kappa shape index (κ3) is 4.45. The summed E-state index contributed by atoms with van der Waals surface area (Å²) in [5.74, 6) is 1.17. The van der Waals surface area contributed by atoms with Gasteiger partial charge < -0.3 is 15.0 Å². The van der Waals surface area contributed by atoms with E-state index in [9.17, 15) is 9.59 Å². The lowest BCUT2D eigenvalue weighted by molar-refractivity contribution is -0.135. The predicted octanol–water partition coefficient (Wildman–Crippen LogP) is 2.85. The smallest absolute Gasteiger partial charge is 0.227 e. The van der Waals surface area contributed by atoms with Crippen LogP contribution in [-0.4, -0.2) is 42.5 Å². The molecule has 27 heavy (non-hydrogen) atoms. The van der Waals surface area contributed by atoms with Crippen LogP contribution < -0.4 is 10.1 Å². The fraction of sp³-hybridized carbons (Fsp3) is 0.636. The van der Waals surface area contributed by atoms with Crippen LogP contribution in [-0.2, 0) is 22.4 Å². The molecule has 4 rings (SSSR count). The molecule has 2 heterocycles. The van der Waals surface area contributed by atoms with Gasteiger partial charge in [-0.2, -0.15) is 0 Å². The van der Waals surface area contributed by atoms with Crippen molar-refractivity contribution in [3.63, 3.8) is 0 Å². The number of ether oxygens (including phenoxy) is 1. The Morgan fingerprint density at radius 3 is 2.81 bits per heavy atom. The van der Waals surface area contributed by atoms with Gasteiger partial charge in [0.15, 0.2) is 0 Å². The zero-order chi connectivity index (χ0) is 18.6. The monoisotopic (exact) mass is 370 g/mol. The molecule has 1 N–H and O–H groups in total. The molecule has 1 saturated heterocycles.